The summed E-state index contributed by atoms with van der Waals surface area (Å²) >= 11 is 0. The van der Waals surface area contributed by atoms with Crippen LogP contribution in [-0.2, 0) is 9.59 Å². The molecule has 12 heavy (non-hydrogen) atoms. The molecule has 0 aliphatic rings. The Morgan fingerprint density at radius 2 is 0.833 bits per heavy atom. The van der Waals surface area contributed by atoms with Crippen molar-refractivity contribution >= 4 is 11.6 Å². The fourth-order valence-electron chi connectivity index (χ4n) is 0.528. The Labute approximate surface area is 74.7 Å². The number of hydrogen-bond acceptors (Lipinski definition) is 2. The molecule has 0 heterocycles. The molecule has 0 aliphatic heterocycles. The van der Waals surface area contributed by atoms with Crippen LogP contribution in [0.15, 0.2) is 11.1 Å². The summed E-state index contributed by atoms with van der Waals surface area (Å²) in [5.41, 5.74) is 1.13. The number of ketones is 2. The molecule has 0 spiro atoms. The lowest BCUT2D eigenvalue weighted by atomic mass is 10.1. The van der Waals surface area contributed by atoms with E-state index in [-0.39, 0.29) is 11.6 Å². The molecule has 0 aromatic heterocycles. The van der Waals surface area contributed by atoms with Gasteiger partial charge in [-0.25, -0.2) is 0 Å². The van der Waals surface area contributed by atoms with Gasteiger partial charge in [-0.2, -0.15) is 0 Å². The van der Waals surface area contributed by atoms with Crippen molar-refractivity contribution in [3.63, 3.8) is 0 Å². The molecule has 0 unspecified atom stereocenters. The van der Waals surface area contributed by atoms with E-state index in [0.717, 1.165) is 0 Å². The van der Waals surface area contributed by atoms with E-state index >= 15 is 0 Å². The van der Waals surface area contributed by atoms with Gasteiger partial charge < -0.3 is 0 Å². The summed E-state index contributed by atoms with van der Waals surface area (Å²) in [7, 11) is 0. The van der Waals surface area contributed by atoms with Crippen molar-refractivity contribution in [2.24, 2.45) is 0 Å². The van der Waals surface area contributed by atoms with Gasteiger partial charge in [-0.3, -0.25) is 9.59 Å². The van der Waals surface area contributed by atoms with Crippen molar-refractivity contribution in [1.29, 1.82) is 0 Å². The van der Waals surface area contributed by atoms with E-state index in [2.05, 4.69) is 0 Å². The van der Waals surface area contributed by atoms with Gasteiger partial charge in [0.15, 0.2) is 11.6 Å². The Bertz CT molecular complexity index is 178. The van der Waals surface area contributed by atoms with E-state index in [1.807, 2.05) is 13.8 Å². The van der Waals surface area contributed by atoms with E-state index in [1.165, 1.54) is 13.8 Å². The number of hydrogen-bond donors (Lipinski definition) is 0. The standard InChI is InChI=1S/C8H12O2.C2H6/c1-5(7(3)9)6(2)8(4)10;1-2/h1-4H3;1-2H3/b6-5-;. The van der Waals surface area contributed by atoms with Gasteiger partial charge >= 0.3 is 0 Å². The molecule has 0 atom stereocenters. The summed E-state index contributed by atoms with van der Waals surface area (Å²) in [6.45, 7) is 10.3. The maximum absolute atomic E-state index is 10.7. The molecule has 2 nitrogen and oxygen atoms in total. The molecule has 0 aromatic carbocycles. The van der Waals surface area contributed by atoms with E-state index in [1.54, 1.807) is 13.8 Å². The predicted molar refractivity (Wildman–Crippen MR) is 51.1 cm³/mol. The molecule has 70 valence electrons. The van der Waals surface area contributed by atoms with Crippen LogP contribution in [0.3, 0.4) is 0 Å². The molecule has 0 rings (SSSR count). The van der Waals surface area contributed by atoms with Crippen LogP contribution in [0, 0.1) is 0 Å². The van der Waals surface area contributed by atoms with Crippen LogP contribution in [-0.4, -0.2) is 11.6 Å². The second-order valence-electron chi connectivity index (χ2n) is 2.36. The summed E-state index contributed by atoms with van der Waals surface area (Å²) in [5.74, 6) is -0.0691. The average molecular weight is 170 g/mol. The van der Waals surface area contributed by atoms with Crippen molar-refractivity contribution in [3.05, 3.63) is 11.1 Å². The van der Waals surface area contributed by atoms with Gasteiger partial charge in [0.2, 0.25) is 0 Å². The monoisotopic (exact) mass is 170 g/mol. The van der Waals surface area contributed by atoms with Gasteiger partial charge in [0.1, 0.15) is 0 Å². The molecule has 0 aromatic rings. The largest absolute Gasteiger partial charge is 0.295 e. The Morgan fingerprint density at radius 3 is 0.917 bits per heavy atom. The second-order valence-corrected chi connectivity index (χ2v) is 2.36. The number of carbonyl (C=O) groups excluding carboxylic acids is 2. The molecular weight excluding hydrogens is 152 g/mol. The molecule has 0 fully saturated rings. The lowest BCUT2D eigenvalue weighted by Gasteiger charge is -1.98. The summed E-state index contributed by atoms with van der Waals surface area (Å²) in [4.78, 5) is 21.4. The van der Waals surface area contributed by atoms with Crippen molar-refractivity contribution < 1.29 is 9.59 Å². The fraction of sp³-hybridized carbons (Fsp3) is 0.600. The van der Waals surface area contributed by atoms with E-state index in [0.29, 0.717) is 11.1 Å². The lowest BCUT2D eigenvalue weighted by Crippen LogP contribution is -2.01. The lowest BCUT2D eigenvalue weighted by molar-refractivity contribution is -0.116. The Hall–Kier alpha value is -0.920. The normalized spacial score (nSPS) is 10.8. The summed E-state index contributed by atoms with van der Waals surface area (Å²) in [6.07, 6.45) is 0. The third-order valence-electron chi connectivity index (χ3n) is 1.62. The van der Waals surface area contributed by atoms with Gasteiger partial charge in [-0.05, 0) is 38.8 Å². The van der Waals surface area contributed by atoms with Crippen LogP contribution in [0.2, 0.25) is 0 Å². The zero-order valence-corrected chi connectivity index (χ0v) is 8.82. The highest BCUT2D eigenvalue weighted by molar-refractivity contribution is 6.03. The Morgan fingerprint density at radius 1 is 0.667 bits per heavy atom. The minimum absolute atomic E-state index is 0.0345. The zero-order chi connectivity index (χ0) is 10.3. The topological polar surface area (TPSA) is 34.1 Å². The first-order valence-electron chi connectivity index (χ1n) is 4.16. The molecular formula is C10H18O2. The first-order chi connectivity index (χ1) is 5.46. The third kappa shape index (κ3) is 4.83. The zero-order valence-electron chi connectivity index (χ0n) is 8.82. The highest BCUT2D eigenvalue weighted by atomic mass is 16.1. The first-order valence-corrected chi connectivity index (χ1v) is 4.16. The molecule has 0 amide bonds. The molecule has 0 radical (unpaired) electrons. The van der Waals surface area contributed by atoms with Gasteiger partial charge in [0.25, 0.3) is 0 Å². The van der Waals surface area contributed by atoms with Crippen LogP contribution in [0.25, 0.3) is 0 Å². The van der Waals surface area contributed by atoms with Crippen molar-refractivity contribution in [2.45, 2.75) is 41.5 Å². The van der Waals surface area contributed by atoms with Gasteiger partial charge in [0.05, 0.1) is 0 Å². The summed E-state index contributed by atoms with van der Waals surface area (Å²) in [6, 6.07) is 0. The Kier molecular flexibility index (Phi) is 7.70. The highest BCUT2D eigenvalue weighted by Gasteiger charge is 2.04. The highest BCUT2D eigenvalue weighted by Crippen LogP contribution is 2.04. The van der Waals surface area contributed by atoms with Crippen LogP contribution in [0.4, 0.5) is 0 Å². The van der Waals surface area contributed by atoms with Crippen LogP contribution in [0.1, 0.15) is 41.5 Å². The van der Waals surface area contributed by atoms with Crippen LogP contribution >= 0.6 is 0 Å². The first kappa shape index (κ1) is 13.7. The van der Waals surface area contributed by atoms with Gasteiger partial charge in [-0.15, -0.1) is 0 Å². The quantitative estimate of drug-likeness (QED) is 0.597. The van der Waals surface area contributed by atoms with Crippen molar-refractivity contribution in [1.82, 2.24) is 0 Å². The van der Waals surface area contributed by atoms with E-state index in [4.69, 9.17) is 0 Å². The summed E-state index contributed by atoms with van der Waals surface area (Å²) in [5, 5.41) is 0. The van der Waals surface area contributed by atoms with E-state index < -0.39 is 0 Å². The number of carbonyl (C=O) groups is 2. The molecule has 2 heteroatoms. The van der Waals surface area contributed by atoms with Crippen molar-refractivity contribution in [2.75, 3.05) is 0 Å². The molecule has 0 N–H and O–H groups in total. The Balaban J connectivity index is 0. The number of rotatable bonds is 2. The molecule has 0 saturated carbocycles. The van der Waals surface area contributed by atoms with Crippen molar-refractivity contribution in [3.8, 4) is 0 Å². The molecule has 0 saturated heterocycles. The SMILES string of the molecule is CC.CC(=O)/C(C)=C(/C)C(C)=O. The maximum Gasteiger partial charge on any atom is 0.155 e. The minimum Gasteiger partial charge on any atom is -0.295 e. The van der Waals surface area contributed by atoms with E-state index in [9.17, 15) is 9.59 Å². The second kappa shape index (κ2) is 6.77. The average Bonchev–Trinajstić information content (AvgIpc) is 2.05. The fourth-order valence-corrected chi connectivity index (χ4v) is 0.528. The summed E-state index contributed by atoms with van der Waals surface area (Å²) < 4.78 is 0. The maximum atomic E-state index is 10.7. The number of allylic oxidation sites excluding steroid dienone is 2. The number of Topliss-reactive ketones (excluding diaryl/α,β-unsaturated/α-hetero) is 2. The third-order valence-corrected chi connectivity index (χ3v) is 1.62. The molecule has 0 aliphatic carbocycles. The van der Waals surface area contributed by atoms with Crippen LogP contribution < -0.4 is 0 Å². The van der Waals surface area contributed by atoms with Gasteiger partial charge in [0, 0.05) is 0 Å². The van der Waals surface area contributed by atoms with Crippen LogP contribution in [0.5, 0.6) is 0 Å². The molecule has 0 bridgehead atoms. The van der Waals surface area contributed by atoms with Gasteiger partial charge in [-0.1, -0.05) is 13.8 Å². The predicted octanol–water partition coefficient (Wildman–Crippen LogP) is 2.53. The minimum atomic E-state index is -0.0345. The smallest absolute Gasteiger partial charge is 0.155 e.